The van der Waals surface area contributed by atoms with Gasteiger partial charge in [-0.05, 0) is 34.0 Å². The molecule has 3 nitrogen and oxygen atoms in total. The average Bonchev–Trinajstić information content (AvgIpc) is 2.37. The SMILES string of the molecule is COC(=O)C(NCc1c(F)ccc(Br)c1F)C(C)C. The molecule has 0 heterocycles. The Balaban J connectivity index is 2.86. The Morgan fingerprint density at radius 1 is 1.42 bits per heavy atom. The van der Waals surface area contributed by atoms with Crippen LogP contribution in [0.15, 0.2) is 16.6 Å². The average molecular weight is 336 g/mol. The number of halogens is 3. The van der Waals surface area contributed by atoms with Crippen LogP contribution in [0.5, 0.6) is 0 Å². The molecular formula is C13H16BrF2NO2. The lowest BCUT2D eigenvalue weighted by Crippen LogP contribution is -2.41. The van der Waals surface area contributed by atoms with Crippen LogP contribution in [0.4, 0.5) is 8.78 Å². The molecule has 0 aliphatic heterocycles. The standard InChI is InChI=1S/C13H16BrF2NO2/c1-7(2)12(13(18)19-3)17-6-8-10(15)5-4-9(14)11(8)16/h4-5,7,12,17H,6H2,1-3H3. The first-order valence-corrected chi connectivity index (χ1v) is 6.61. The lowest BCUT2D eigenvalue weighted by atomic mass is 10.0. The predicted octanol–water partition coefficient (Wildman–Crippen LogP) is 3.01. The van der Waals surface area contributed by atoms with E-state index in [4.69, 9.17) is 0 Å². The van der Waals surface area contributed by atoms with Crippen molar-refractivity contribution in [2.24, 2.45) is 5.92 Å². The zero-order valence-corrected chi connectivity index (χ0v) is 12.6. The highest BCUT2D eigenvalue weighted by atomic mass is 79.9. The third-order valence-electron chi connectivity index (χ3n) is 2.76. The van der Waals surface area contributed by atoms with Crippen molar-refractivity contribution in [2.45, 2.75) is 26.4 Å². The van der Waals surface area contributed by atoms with Crippen molar-refractivity contribution >= 4 is 21.9 Å². The predicted molar refractivity (Wildman–Crippen MR) is 71.5 cm³/mol. The summed E-state index contributed by atoms with van der Waals surface area (Å²) in [5.41, 5.74) is -0.107. The number of rotatable bonds is 5. The lowest BCUT2D eigenvalue weighted by molar-refractivity contribution is -0.144. The molecule has 0 aromatic heterocycles. The van der Waals surface area contributed by atoms with Crippen molar-refractivity contribution in [3.05, 3.63) is 33.8 Å². The van der Waals surface area contributed by atoms with E-state index in [1.807, 2.05) is 13.8 Å². The first-order chi connectivity index (χ1) is 8.88. The van der Waals surface area contributed by atoms with E-state index in [9.17, 15) is 13.6 Å². The third kappa shape index (κ3) is 3.98. The summed E-state index contributed by atoms with van der Waals surface area (Å²) >= 11 is 3.00. The van der Waals surface area contributed by atoms with Crippen molar-refractivity contribution in [1.29, 1.82) is 0 Å². The fourth-order valence-electron chi connectivity index (χ4n) is 1.66. The summed E-state index contributed by atoms with van der Waals surface area (Å²) in [4.78, 5) is 11.5. The number of ether oxygens (including phenoxy) is 1. The molecule has 0 aliphatic rings. The summed E-state index contributed by atoms with van der Waals surface area (Å²) in [5.74, 6) is -1.82. The molecule has 0 aliphatic carbocycles. The second-order valence-electron chi connectivity index (χ2n) is 4.45. The maximum Gasteiger partial charge on any atom is 0.323 e. The first kappa shape index (κ1) is 16.0. The normalized spacial score (nSPS) is 12.6. The van der Waals surface area contributed by atoms with Crippen LogP contribution < -0.4 is 5.32 Å². The van der Waals surface area contributed by atoms with Gasteiger partial charge in [-0.3, -0.25) is 10.1 Å². The van der Waals surface area contributed by atoms with Gasteiger partial charge in [-0.2, -0.15) is 0 Å². The van der Waals surface area contributed by atoms with Crippen LogP contribution in [-0.4, -0.2) is 19.1 Å². The molecular weight excluding hydrogens is 320 g/mol. The number of benzene rings is 1. The van der Waals surface area contributed by atoms with Crippen LogP contribution in [0.2, 0.25) is 0 Å². The van der Waals surface area contributed by atoms with Crippen LogP contribution in [0.1, 0.15) is 19.4 Å². The quantitative estimate of drug-likeness (QED) is 0.664. The number of methoxy groups -OCH3 is 1. The van der Waals surface area contributed by atoms with Gasteiger partial charge in [0, 0.05) is 12.1 Å². The van der Waals surface area contributed by atoms with E-state index in [-0.39, 0.29) is 22.5 Å². The number of hydrogen-bond acceptors (Lipinski definition) is 3. The molecule has 19 heavy (non-hydrogen) atoms. The lowest BCUT2D eigenvalue weighted by Gasteiger charge is -2.20. The number of carbonyl (C=O) groups excluding carboxylic acids is 1. The summed E-state index contributed by atoms with van der Waals surface area (Å²) in [7, 11) is 1.28. The number of carbonyl (C=O) groups is 1. The van der Waals surface area contributed by atoms with Crippen LogP contribution in [0.25, 0.3) is 0 Å². The highest BCUT2D eigenvalue weighted by molar-refractivity contribution is 9.10. The van der Waals surface area contributed by atoms with Crippen molar-refractivity contribution < 1.29 is 18.3 Å². The van der Waals surface area contributed by atoms with Gasteiger partial charge in [-0.1, -0.05) is 13.8 Å². The summed E-state index contributed by atoms with van der Waals surface area (Å²) in [6.07, 6.45) is 0. The van der Waals surface area contributed by atoms with E-state index >= 15 is 0 Å². The fraction of sp³-hybridized carbons (Fsp3) is 0.462. The number of hydrogen-bond donors (Lipinski definition) is 1. The van der Waals surface area contributed by atoms with Crippen molar-refractivity contribution in [1.82, 2.24) is 5.32 Å². The molecule has 0 radical (unpaired) electrons. The molecule has 1 unspecified atom stereocenters. The molecule has 0 saturated heterocycles. The second kappa shape index (κ2) is 6.96. The maximum absolute atomic E-state index is 13.8. The van der Waals surface area contributed by atoms with E-state index in [0.29, 0.717) is 0 Å². The van der Waals surface area contributed by atoms with Crippen molar-refractivity contribution in [3.8, 4) is 0 Å². The van der Waals surface area contributed by atoms with Gasteiger partial charge in [0.2, 0.25) is 0 Å². The summed E-state index contributed by atoms with van der Waals surface area (Å²) in [5, 5.41) is 2.82. The van der Waals surface area contributed by atoms with Crippen LogP contribution in [-0.2, 0) is 16.1 Å². The molecule has 0 fully saturated rings. The monoisotopic (exact) mass is 335 g/mol. The topological polar surface area (TPSA) is 38.3 Å². The molecule has 0 amide bonds. The van der Waals surface area contributed by atoms with Gasteiger partial charge >= 0.3 is 5.97 Å². The number of nitrogens with one attached hydrogen (secondary N) is 1. The van der Waals surface area contributed by atoms with Gasteiger partial charge < -0.3 is 4.74 Å². The minimum atomic E-state index is -0.667. The molecule has 1 rings (SSSR count). The van der Waals surface area contributed by atoms with E-state index < -0.39 is 23.6 Å². The molecule has 1 N–H and O–H groups in total. The highest BCUT2D eigenvalue weighted by Gasteiger charge is 2.23. The van der Waals surface area contributed by atoms with Crippen molar-refractivity contribution in [2.75, 3.05) is 7.11 Å². The third-order valence-corrected chi connectivity index (χ3v) is 3.37. The summed E-state index contributed by atoms with van der Waals surface area (Å²) in [6, 6.07) is 1.86. The van der Waals surface area contributed by atoms with Gasteiger partial charge in [-0.25, -0.2) is 8.78 Å². The maximum atomic E-state index is 13.8. The minimum Gasteiger partial charge on any atom is -0.468 e. The minimum absolute atomic E-state index is 0.0503. The molecule has 0 saturated carbocycles. The van der Waals surface area contributed by atoms with Gasteiger partial charge in [0.25, 0.3) is 0 Å². The highest BCUT2D eigenvalue weighted by Crippen LogP contribution is 2.21. The smallest absolute Gasteiger partial charge is 0.323 e. The molecule has 0 bridgehead atoms. The molecule has 106 valence electrons. The van der Waals surface area contributed by atoms with Gasteiger partial charge in [0.05, 0.1) is 11.6 Å². The van der Waals surface area contributed by atoms with Gasteiger partial charge in [-0.15, -0.1) is 0 Å². The first-order valence-electron chi connectivity index (χ1n) is 5.82. The van der Waals surface area contributed by atoms with E-state index in [1.165, 1.54) is 19.2 Å². The van der Waals surface area contributed by atoms with Crippen LogP contribution >= 0.6 is 15.9 Å². The zero-order chi connectivity index (χ0) is 14.6. The Kier molecular flexibility index (Phi) is 5.87. The number of esters is 1. The Morgan fingerprint density at radius 3 is 2.58 bits per heavy atom. The Hall–Kier alpha value is -1.01. The second-order valence-corrected chi connectivity index (χ2v) is 5.30. The van der Waals surface area contributed by atoms with E-state index in [2.05, 4.69) is 26.0 Å². The fourth-order valence-corrected chi connectivity index (χ4v) is 2.03. The zero-order valence-electron chi connectivity index (χ0n) is 11.0. The Labute approximate surface area is 119 Å². The largest absolute Gasteiger partial charge is 0.468 e. The Bertz CT molecular complexity index is 466. The van der Waals surface area contributed by atoms with Crippen molar-refractivity contribution in [3.63, 3.8) is 0 Å². The van der Waals surface area contributed by atoms with E-state index in [1.54, 1.807) is 0 Å². The summed E-state index contributed by atoms with van der Waals surface area (Å²) < 4.78 is 32.1. The molecule has 1 aromatic carbocycles. The van der Waals surface area contributed by atoms with Crippen LogP contribution in [0.3, 0.4) is 0 Å². The molecule has 0 spiro atoms. The van der Waals surface area contributed by atoms with Gasteiger partial charge in [0.1, 0.15) is 17.7 Å². The molecule has 1 atom stereocenters. The van der Waals surface area contributed by atoms with Gasteiger partial charge in [0.15, 0.2) is 0 Å². The Morgan fingerprint density at radius 2 is 2.05 bits per heavy atom. The summed E-state index contributed by atoms with van der Waals surface area (Å²) in [6.45, 7) is 3.56. The van der Waals surface area contributed by atoms with Crippen LogP contribution in [0, 0.1) is 17.6 Å². The molecule has 1 aromatic rings. The van der Waals surface area contributed by atoms with E-state index in [0.717, 1.165) is 0 Å². The molecule has 6 heteroatoms.